The predicted octanol–water partition coefficient (Wildman–Crippen LogP) is 5.21. The summed E-state index contributed by atoms with van der Waals surface area (Å²) in [6.45, 7) is 1.89. The third-order valence-electron chi connectivity index (χ3n) is 5.23. The van der Waals surface area contributed by atoms with Crippen LogP contribution in [0.4, 0.5) is 13.2 Å². The van der Waals surface area contributed by atoms with Crippen molar-refractivity contribution >= 4 is 5.91 Å². The lowest BCUT2D eigenvalue weighted by Gasteiger charge is -2.18. The summed E-state index contributed by atoms with van der Waals surface area (Å²) >= 11 is 0. The Morgan fingerprint density at radius 1 is 1.14 bits per heavy atom. The molecule has 1 amide bonds. The lowest BCUT2D eigenvalue weighted by Crippen LogP contribution is -2.25. The lowest BCUT2D eigenvalue weighted by atomic mass is 10.1. The molecule has 4 nitrogen and oxygen atoms in total. The van der Waals surface area contributed by atoms with Gasteiger partial charge in [-0.25, -0.2) is 0 Å². The Morgan fingerprint density at radius 3 is 2.59 bits per heavy atom. The molecule has 1 fully saturated rings. The van der Waals surface area contributed by atoms with Crippen molar-refractivity contribution in [3.63, 3.8) is 0 Å². The molecule has 0 aromatic heterocycles. The molecule has 3 rings (SSSR count). The summed E-state index contributed by atoms with van der Waals surface area (Å²) in [5, 5.41) is 2.56. The molecule has 1 N–H and O–H groups in total. The largest absolute Gasteiger partial charge is 0.497 e. The Bertz CT molecular complexity index is 867. The van der Waals surface area contributed by atoms with Gasteiger partial charge in [-0.05, 0) is 61.1 Å². The molecule has 1 aliphatic carbocycles. The number of amides is 1. The fourth-order valence-corrected chi connectivity index (χ4v) is 3.55. The number of ether oxygens (including phenoxy) is 2. The number of hydrogen-bond acceptors (Lipinski definition) is 3. The standard InChI is InChI=1S/C22H24F3NO3/c1-14-5-3-8-20(14)29-18-7-4-6-15(11-18)21(27)26-13-16-9-10-17(28-2)12-19(16)22(23,24)25/h4,6-7,9-12,14,20H,3,5,8,13H2,1-2H3,(H,26,27). The monoisotopic (exact) mass is 407 g/mol. The van der Waals surface area contributed by atoms with Crippen LogP contribution in [0.2, 0.25) is 0 Å². The normalized spacial score (nSPS) is 19.1. The van der Waals surface area contributed by atoms with E-state index in [1.54, 1.807) is 24.3 Å². The molecule has 7 heteroatoms. The lowest BCUT2D eigenvalue weighted by molar-refractivity contribution is -0.138. The Labute approximate surface area is 168 Å². The third-order valence-corrected chi connectivity index (χ3v) is 5.23. The highest BCUT2D eigenvalue weighted by Gasteiger charge is 2.34. The van der Waals surface area contributed by atoms with Gasteiger partial charge in [-0.1, -0.05) is 19.1 Å². The molecule has 2 unspecified atom stereocenters. The van der Waals surface area contributed by atoms with Crippen molar-refractivity contribution < 1.29 is 27.4 Å². The van der Waals surface area contributed by atoms with Crippen molar-refractivity contribution in [1.82, 2.24) is 5.32 Å². The first kappa shape index (κ1) is 21.0. The van der Waals surface area contributed by atoms with Gasteiger partial charge >= 0.3 is 6.18 Å². The van der Waals surface area contributed by atoms with Crippen LogP contribution in [0.3, 0.4) is 0 Å². The maximum atomic E-state index is 13.3. The molecule has 0 radical (unpaired) electrons. The van der Waals surface area contributed by atoms with Crippen molar-refractivity contribution in [2.24, 2.45) is 5.92 Å². The SMILES string of the molecule is COc1ccc(CNC(=O)c2cccc(OC3CCCC3C)c2)c(C(F)(F)F)c1. The smallest absolute Gasteiger partial charge is 0.416 e. The Hall–Kier alpha value is -2.70. The summed E-state index contributed by atoms with van der Waals surface area (Å²) in [5.74, 6) is 0.706. The molecule has 0 spiro atoms. The van der Waals surface area contributed by atoms with Crippen molar-refractivity contribution in [2.75, 3.05) is 7.11 Å². The Morgan fingerprint density at radius 2 is 1.93 bits per heavy atom. The number of carbonyl (C=O) groups is 1. The quantitative estimate of drug-likeness (QED) is 0.715. The molecule has 0 heterocycles. The zero-order valence-electron chi connectivity index (χ0n) is 16.4. The van der Waals surface area contributed by atoms with Crippen LogP contribution in [0, 0.1) is 5.92 Å². The zero-order valence-corrected chi connectivity index (χ0v) is 16.4. The first-order valence-electron chi connectivity index (χ1n) is 9.57. The first-order valence-corrected chi connectivity index (χ1v) is 9.57. The second-order valence-electron chi connectivity index (χ2n) is 7.30. The van der Waals surface area contributed by atoms with E-state index in [-0.39, 0.29) is 24.0 Å². The van der Waals surface area contributed by atoms with E-state index < -0.39 is 17.6 Å². The van der Waals surface area contributed by atoms with Crippen LogP contribution in [0.5, 0.6) is 11.5 Å². The van der Waals surface area contributed by atoms with E-state index in [1.165, 1.54) is 19.2 Å². The van der Waals surface area contributed by atoms with Gasteiger partial charge in [-0.2, -0.15) is 13.2 Å². The Kier molecular flexibility index (Phi) is 6.35. The predicted molar refractivity (Wildman–Crippen MR) is 103 cm³/mol. The fourth-order valence-electron chi connectivity index (χ4n) is 3.55. The molecular formula is C22H24F3NO3. The zero-order chi connectivity index (χ0) is 21.0. The maximum absolute atomic E-state index is 13.3. The second-order valence-corrected chi connectivity index (χ2v) is 7.30. The molecular weight excluding hydrogens is 383 g/mol. The number of methoxy groups -OCH3 is 1. The first-order chi connectivity index (χ1) is 13.8. The van der Waals surface area contributed by atoms with E-state index in [0.717, 1.165) is 25.3 Å². The second kappa shape index (κ2) is 8.76. The summed E-state index contributed by atoms with van der Waals surface area (Å²) in [4.78, 5) is 12.5. The van der Waals surface area contributed by atoms with Crippen LogP contribution in [0.1, 0.15) is 47.7 Å². The van der Waals surface area contributed by atoms with E-state index in [0.29, 0.717) is 17.2 Å². The summed E-state index contributed by atoms with van der Waals surface area (Å²) in [6, 6.07) is 10.4. The molecule has 1 saturated carbocycles. The van der Waals surface area contributed by atoms with E-state index in [9.17, 15) is 18.0 Å². The molecule has 2 aromatic carbocycles. The highest BCUT2D eigenvalue weighted by atomic mass is 19.4. The molecule has 2 atom stereocenters. The minimum absolute atomic E-state index is 0.0289. The third kappa shape index (κ3) is 5.22. The van der Waals surface area contributed by atoms with Gasteiger partial charge in [0, 0.05) is 12.1 Å². The Balaban J connectivity index is 1.69. The number of hydrogen-bond donors (Lipinski definition) is 1. The highest BCUT2D eigenvalue weighted by molar-refractivity contribution is 5.94. The topological polar surface area (TPSA) is 47.6 Å². The van der Waals surface area contributed by atoms with E-state index in [4.69, 9.17) is 9.47 Å². The van der Waals surface area contributed by atoms with Gasteiger partial charge < -0.3 is 14.8 Å². The summed E-state index contributed by atoms with van der Waals surface area (Å²) < 4.78 is 50.8. The molecule has 156 valence electrons. The van der Waals surface area contributed by atoms with Gasteiger partial charge in [0.2, 0.25) is 0 Å². The van der Waals surface area contributed by atoms with Crippen LogP contribution in [-0.4, -0.2) is 19.1 Å². The van der Waals surface area contributed by atoms with E-state index in [2.05, 4.69) is 12.2 Å². The van der Waals surface area contributed by atoms with Crippen LogP contribution in [0.25, 0.3) is 0 Å². The number of nitrogens with one attached hydrogen (secondary N) is 1. The molecule has 1 aliphatic rings. The summed E-state index contributed by atoms with van der Waals surface area (Å²) in [6.07, 6.45) is -1.19. The maximum Gasteiger partial charge on any atom is 0.416 e. The van der Waals surface area contributed by atoms with Crippen molar-refractivity contribution in [1.29, 1.82) is 0 Å². The summed E-state index contributed by atoms with van der Waals surface area (Å²) in [7, 11) is 1.30. The minimum Gasteiger partial charge on any atom is -0.497 e. The number of alkyl halides is 3. The number of rotatable bonds is 6. The van der Waals surface area contributed by atoms with Gasteiger partial charge in [0.15, 0.2) is 0 Å². The fraction of sp³-hybridized carbons (Fsp3) is 0.409. The van der Waals surface area contributed by atoms with E-state index in [1.807, 2.05) is 0 Å². The van der Waals surface area contributed by atoms with Gasteiger partial charge in [-0.3, -0.25) is 4.79 Å². The van der Waals surface area contributed by atoms with Crippen LogP contribution in [-0.2, 0) is 12.7 Å². The minimum atomic E-state index is -4.54. The highest BCUT2D eigenvalue weighted by Crippen LogP contribution is 2.34. The van der Waals surface area contributed by atoms with Gasteiger partial charge in [0.05, 0.1) is 12.7 Å². The van der Waals surface area contributed by atoms with Crippen LogP contribution >= 0.6 is 0 Å². The van der Waals surface area contributed by atoms with Gasteiger partial charge in [-0.15, -0.1) is 0 Å². The molecule has 0 bridgehead atoms. The van der Waals surface area contributed by atoms with Gasteiger partial charge in [0.1, 0.15) is 17.6 Å². The van der Waals surface area contributed by atoms with Crippen LogP contribution in [0.15, 0.2) is 42.5 Å². The number of benzene rings is 2. The molecule has 0 aliphatic heterocycles. The average molecular weight is 407 g/mol. The van der Waals surface area contributed by atoms with Crippen molar-refractivity contribution in [2.45, 2.75) is 45.0 Å². The number of carbonyl (C=O) groups excluding carboxylic acids is 1. The molecule has 0 saturated heterocycles. The van der Waals surface area contributed by atoms with Gasteiger partial charge in [0.25, 0.3) is 5.91 Å². The van der Waals surface area contributed by atoms with Crippen molar-refractivity contribution in [3.05, 3.63) is 59.2 Å². The van der Waals surface area contributed by atoms with E-state index >= 15 is 0 Å². The average Bonchev–Trinajstić information content (AvgIpc) is 3.10. The van der Waals surface area contributed by atoms with Crippen molar-refractivity contribution in [3.8, 4) is 11.5 Å². The molecule has 29 heavy (non-hydrogen) atoms. The summed E-state index contributed by atoms with van der Waals surface area (Å²) in [5.41, 5.74) is -0.515. The van der Waals surface area contributed by atoms with Crippen LogP contribution < -0.4 is 14.8 Å². The number of halogens is 3. The molecule has 2 aromatic rings.